The van der Waals surface area contributed by atoms with E-state index in [4.69, 9.17) is 4.74 Å². The van der Waals surface area contributed by atoms with Crippen molar-refractivity contribution in [2.45, 2.75) is 58.2 Å². The standard InChI is InChI=1S/C17H26N2O2/c1-17(2,3)21-16(20)19-12-14-7-4-6-13(10-14)11-15-8-5-9-18-15/h4,6-7,10,15,18H,5,8-9,11-12H2,1-3H3,(H,19,20). The van der Waals surface area contributed by atoms with E-state index < -0.39 is 5.60 Å². The Morgan fingerprint density at radius 1 is 1.38 bits per heavy atom. The molecule has 0 bridgehead atoms. The summed E-state index contributed by atoms with van der Waals surface area (Å²) in [5, 5.41) is 6.31. The molecule has 0 aromatic heterocycles. The zero-order chi connectivity index (χ0) is 15.3. The van der Waals surface area contributed by atoms with Gasteiger partial charge in [0.25, 0.3) is 0 Å². The molecule has 1 amide bonds. The van der Waals surface area contributed by atoms with Crippen molar-refractivity contribution in [2.75, 3.05) is 6.54 Å². The highest BCUT2D eigenvalue weighted by Gasteiger charge is 2.16. The molecule has 1 heterocycles. The van der Waals surface area contributed by atoms with Gasteiger partial charge >= 0.3 is 6.09 Å². The molecule has 1 aliphatic heterocycles. The van der Waals surface area contributed by atoms with E-state index in [-0.39, 0.29) is 6.09 Å². The van der Waals surface area contributed by atoms with Gasteiger partial charge in [-0.2, -0.15) is 0 Å². The second-order valence-corrected chi connectivity index (χ2v) is 6.67. The maximum Gasteiger partial charge on any atom is 0.407 e. The van der Waals surface area contributed by atoms with Crippen molar-refractivity contribution in [1.29, 1.82) is 0 Å². The third-order valence-corrected chi connectivity index (χ3v) is 3.47. The van der Waals surface area contributed by atoms with E-state index in [1.807, 2.05) is 26.8 Å². The van der Waals surface area contributed by atoms with Gasteiger partial charge in [0.05, 0.1) is 0 Å². The van der Waals surface area contributed by atoms with Gasteiger partial charge < -0.3 is 15.4 Å². The van der Waals surface area contributed by atoms with E-state index >= 15 is 0 Å². The zero-order valence-electron chi connectivity index (χ0n) is 13.2. The van der Waals surface area contributed by atoms with Gasteiger partial charge in [0.15, 0.2) is 0 Å². The molecule has 0 radical (unpaired) electrons. The Morgan fingerprint density at radius 2 is 2.14 bits per heavy atom. The average molecular weight is 290 g/mol. The van der Waals surface area contributed by atoms with Gasteiger partial charge in [0, 0.05) is 12.6 Å². The molecule has 1 aliphatic rings. The van der Waals surface area contributed by atoms with Gasteiger partial charge in [0.1, 0.15) is 5.60 Å². The highest BCUT2D eigenvalue weighted by atomic mass is 16.6. The van der Waals surface area contributed by atoms with Crippen LogP contribution in [0, 0.1) is 0 Å². The summed E-state index contributed by atoms with van der Waals surface area (Å²) < 4.78 is 5.24. The quantitative estimate of drug-likeness (QED) is 0.896. The maximum absolute atomic E-state index is 11.7. The summed E-state index contributed by atoms with van der Waals surface area (Å²) in [7, 11) is 0. The molecule has 1 saturated heterocycles. The van der Waals surface area contributed by atoms with E-state index in [1.54, 1.807) is 0 Å². The van der Waals surface area contributed by atoms with Crippen molar-refractivity contribution >= 4 is 6.09 Å². The van der Waals surface area contributed by atoms with E-state index in [9.17, 15) is 4.79 Å². The van der Waals surface area contributed by atoms with Crippen LogP contribution in [0.5, 0.6) is 0 Å². The second kappa shape index (κ2) is 6.94. The Morgan fingerprint density at radius 3 is 2.81 bits per heavy atom. The Hall–Kier alpha value is -1.55. The van der Waals surface area contributed by atoms with Gasteiger partial charge in [-0.3, -0.25) is 0 Å². The minimum Gasteiger partial charge on any atom is -0.444 e. The first-order chi connectivity index (χ1) is 9.92. The Bertz CT molecular complexity index is 474. The van der Waals surface area contributed by atoms with Crippen LogP contribution in [0.15, 0.2) is 24.3 Å². The van der Waals surface area contributed by atoms with Crippen LogP contribution >= 0.6 is 0 Å². The number of hydrogen-bond donors (Lipinski definition) is 2. The van der Waals surface area contributed by atoms with Crippen LogP contribution in [0.4, 0.5) is 4.79 Å². The molecule has 0 aliphatic carbocycles. The molecule has 116 valence electrons. The third kappa shape index (κ3) is 5.76. The van der Waals surface area contributed by atoms with Crippen LogP contribution in [-0.2, 0) is 17.7 Å². The fourth-order valence-electron chi connectivity index (χ4n) is 2.57. The minimum atomic E-state index is -0.458. The van der Waals surface area contributed by atoms with E-state index in [2.05, 4.69) is 28.8 Å². The number of ether oxygens (including phenoxy) is 1. The first-order valence-electron chi connectivity index (χ1n) is 7.70. The number of rotatable bonds is 4. The molecule has 2 rings (SSSR count). The molecule has 1 atom stereocenters. The first kappa shape index (κ1) is 15.8. The lowest BCUT2D eigenvalue weighted by Gasteiger charge is -2.19. The summed E-state index contributed by atoms with van der Waals surface area (Å²) in [5.41, 5.74) is 1.97. The van der Waals surface area contributed by atoms with E-state index in [1.165, 1.54) is 18.4 Å². The lowest BCUT2D eigenvalue weighted by molar-refractivity contribution is 0.0523. The molecule has 1 fully saturated rings. The molecular weight excluding hydrogens is 264 g/mol. The van der Waals surface area contributed by atoms with Crippen LogP contribution in [0.1, 0.15) is 44.7 Å². The maximum atomic E-state index is 11.7. The number of nitrogens with one attached hydrogen (secondary N) is 2. The molecule has 1 aromatic carbocycles. The Balaban J connectivity index is 1.84. The van der Waals surface area contributed by atoms with Crippen molar-refractivity contribution in [2.24, 2.45) is 0 Å². The van der Waals surface area contributed by atoms with Crippen molar-refractivity contribution in [3.8, 4) is 0 Å². The zero-order valence-corrected chi connectivity index (χ0v) is 13.2. The summed E-state index contributed by atoms with van der Waals surface area (Å²) in [5.74, 6) is 0. The molecule has 4 nitrogen and oxygen atoms in total. The smallest absolute Gasteiger partial charge is 0.407 e. The van der Waals surface area contributed by atoms with Gasteiger partial charge in [0.2, 0.25) is 0 Å². The summed E-state index contributed by atoms with van der Waals surface area (Å²) in [6.07, 6.45) is 3.20. The summed E-state index contributed by atoms with van der Waals surface area (Å²) in [6.45, 7) is 7.22. The Labute approximate surface area is 127 Å². The molecule has 0 saturated carbocycles. The lowest BCUT2D eigenvalue weighted by atomic mass is 10.0. The van der Waals surface area contributed by atoms with Crippen LogP contribution in [-0.4, -0.2) is 24.3 Å². The van der Waals surface area contributed by atoms with Gasteiger partial charge in [-0.1, -0.05) is 24.3 Å². The number of carbonyl (C=O) groups excluding carboxylic acids is 1. The number of hydrogen-bond acceptors (Lipinski definition) is 3. The highest BCUT2D eigenvalue weighted by Crippen LogP contribution is 2.14. The van der Waals surface area contributed by atoms with Gasteiger partial charge in [-0.15, -0.1) is 0 Å². The Kier molecular flexibility index (Phi) is 5.23. The number of carbonyl (C=O) groups is 1. The predicted molar refractivity (Wildman–Crippen MR) is 84.2 cm³/mol. The van der Waals surface area contributed by atoms with Crippen LogP contribution in [0.3, 0.4) is 0 Å². The SMILES string of the molecule is CC(C)(C)OC(=O)NCc1cccc(CC2CCCN2)c1. The second-order valence-electron chi connectivity index (χ2n) is 6.67. The summed E-state index contributed by atoms with van der Waals surface area (Å²) in [4.78, 5) is 11.7. The van der Waals surface area contributed by atoms with Crippen molar-refractivity contribution in [3.05, 3.63) is 35.4 Å². The van der Waals surface area contributed by atoms with Gasteiger partial charge in [-0.25, -0.2) is 4.79 Å². The van der Waals surface area contributed by atoms with Crippen LogP contribution in [0.25, 0.3) is 0 Å². The minimum absolute atomic E-state index is 0.370. The largest absolute Gasteiger partial charge is 0.444 e. The molecule has 2 N–H and O–H groups in total. The highest BCUT2D eigenvalue weighted by molar-refractivity contribution is 5.67. The third-order valence-electron chi connectivity index (χ3n) is 3.47. The van der Waals surface area contributed by atoms with Crippen LogP contribution < -0.4 is 10.6 Å². The van der Waals surface area contributed by atoms with E-state index in [0.717, 1.165) is 18.5 Å². The lowest BCUT2D eigenvalue weighted by Crippen LogP contribution is -2.32. The average Bonchev–Trinajstić information content (AvgIpc) is 2.88. The summed E-state index contributed by atoms with van der Waals surface area (Å²) in [6, 6.07) is 8.99. The molecule has 1 aromatic rings. The number of benzene rings is 1. The van der Waals surface area contributed by atoms with Gasteiger partial charge in [-0.05, 0) is 57.7 Å². The number of amides is 1. The monoisotopic (exact) mass is 290 g/mol. The fourth-order valence-corrected chi connectivity index (χ4v) is 2.57. The molecule has 21 heavy (non-hydrogen) atoms. The van der Waals surface area contributed by atoms with Crippen molar-refractivity contribution in [1.82, 2.24) is 10.6 Å². The van der Waals surface area contributed by atoms with Crippen molar-refractivity contribution < 1.29 is 9.53 Å². The molecule has 1 unspecified atom stereocenters. The van der Waals surface area contributed by atoms with Crippen molar-refractivity contribution in [3.63, 3.8) is 0 Å². The predicted octanol–water partition coefficient (Wildman–Crippen LogP) is 3.01. The topological polar surface area (TPSA) is 50.4 Å². The van der Waals surface area contributed by atoms with E-state index in [0.29, 0.717) is 12.6 Å². The van der Waals surface area contributed by atoms with Crippen LogP contribution in [0.2, 0.25) is 0 Å². The molecular formula is C17H26N2O2. The number of alkyl carbamates (subject to hydrolysis) is 1. The fraction of sp³-hybridized carbons (Fsp3) is 0.588. The normalized spacial score (nSPS) is 18.5. The molecule has 0 spiro atoms. The summed E-state index contributed by atoms with van der Waals surface area (Å²) >= 11 is 0. The first-order valence-corrected chi connectivity index (χ1v) is 7.70. The molecule has 4 heteroatoms.